The molecule has 0 saturated carbocycles. The monoisotopic (exact) mass is 587 g/mol. The van der Waals surface area contributed by atoms with Gasteiger partial charge >= 0.3 is 6.09 Å². The summed E-state index contributed by atoms with van der Waals surface area (Å²) < 4.78 is 33.5. The molecule has 0 unspecified atom stereocenters. The lowest BCUT2D eigenvalue weighted by molar-refractivity contribution is 0.0941. The van der Waals surface area contributed by atoms with E-state index < -0.39 is 22.0 Å². The molecule has 1 aliphatic heterocycles. The average molecular weight is 588 g/mol. The Hall–Kier alpha value is -3.55. The minimum atomic E-state index is -3.67. The maximum Gasteiger partial charge on any atom is 0.410 e. The Bertz CT molecular complexity index is 1540. The fourth-order valence-electron chi connectivity index (χ4n) is 4.69. The molecule has 0 bridgehead atoms. The number of rotatable bonds is 8. The number of hydrogen-bond donors (Lipinski definition) is 1. The number of thiophene rings is 1. The van der Waals surface area contributed by atoms with Gasteiger partial charge in [-0.2, -0.15) is 9.40 Å². The second-order valence-electron chi connectivity index (χ2n) is 9.29. The number of aryl methyl sites for hydroxylation is 2. The lowest BCUT2D eigenvalue weighted by atomic mass is 10.0. The summed E-state index contributed by atoms with van der Waals surface area (Å²) in [5, 5.41) is 7.54. The predicted molar refractivity (Wildman–Crippen MR) is 151 cm³/mol. The molecule has 1 N–H and O–H groups in total. The molecule has 2 amide bonds. The highest BCUT2D eigenvalue weighted by atomic mass is 32.2. The van der Waals surface area contributed by atoms with Gasteiger partial charge in [0.15, 0.2) is 0 Å². The van der Waals surface area contributed by atoms with Crippen molar-refractivity contribution in [3.8, 4) is 0 Å². The number of nitrogens with zero attached hydrogens (tertiary/aromatic N) is 4. The van der Waals surface area contributed by atoms with E-state index in [9.17, 15) is 22.8 Å². The van der Waals surface area contributed by atoms with Crippen LogP contribution in [0.5, 0.6) is 0 Å². The fourth-order valence-corrected chi connectivity index (χ4v) is 7.40. The van der Waals surface area contributed by atoms with Gasteiger partial charge in [-0.3, -0.25) is 9.59 Å². The molecule has 0 aliphatic carbocycles. The Labute approximate surface area is 237 Å². The van der Waals surface area contributed by atoms with Gasteiger partial charge in [-0.1, -0.05) is 13.8 Å². The van der Waals surface area contributed by atoms with Crippen molar-refractivity contribution < 1.29 is 27.5 Å². The zero-order valence-electron chi connectivity index (χ0n) is 23.2. The summed E-state index contributed by atoms with van der Waals surface area (Å²) in [7, 11) is -3.67. The highest BCUT2D eigenvalue weighted by Gasteiger charge is 2.32. The van der Waals surface area contributed by atoms with E-state index in [0.717, 1.165) is 10.4 Å². The Morgan fingerprint density at radius 2 is 1.77 bits per heavy atom. The maximum atomic E-state index is 13.7. The quantitative estimate of drug-likeness (QED) is 0.421. The number of ether oxygens (including phenoxy) is 1. The van der Waals surface area contributed by atoms with E-state index in [2.05, 4.69) is 10.4 Å². The number of benzene rings is 1. The third-order valence-electron chi connectivity index (χ3n) is 6.69. The smallest absolute Gasteiger partial charge is 0.410 e. The van der Waals surface area contributed by atoms with Gasteiger partial charge < -0.3 is 15.0 Å². The van der Waals surface area contributed by atoms with Gasteiger partial charge in [0.1, 0.15) is 5.00 Å². The molecule has 0 atom stereocenters. The summed E-state index contributed by atoms with van der Waals surface area (Å²) in [6, 6.07) is 7.50. The van der Waals surface area contributed by atoms with Crippen LogP contribution < -0.4 is 5.32 Å². The molecular formula is C27H33N5O6S2. The van der Waals surface area contributed by atoms with Crippen LogP contribution in [0.1, 0.15) is 63.3 Å². The molecule has 3 heterocycles. The Morgan fingerprint density at radius 3 is 2.35 bits per heavy atom. The Morgan fingerprint density at radius 1 is 1.10 bits per heavy atom. The number of amides is 2. The van der Waals surface area contributed by atoms with Crippen molar-refractivity contribution in [1.82, 2.24) is 19.0 Å². The molecule has 13 heteroatoms. The maximum absolute atomic E-state index is 13.7. The summed E-state index contributed by atoms with van der Waals surface area (Å²) in [5.41, 5.74) is 2.69. The molecule has 214 valence electrons. The first-order valence-electron chi connectivity index (χ1n) is 13.1. The SMILES string of the molecule is CCOC(=O)N1CCc2c(sc(NC(=O)c3ccc(S(=O)(=O)N(CC)CC)cc3)c2C(=O)n2nc(C)cc2C)C1. The molecule has 4 rings (SSSR count). The summed E-state index contributed by atoms with van der Waals surface area (Å²) >= 11 is 1.23. The number of carbonyl (C=O) groups is 3. The molecule has 1 aromatic carbocycles. The van der Waals surface area contributed by atoms with Crippen LogP contribution >= 0.6 is 11.3 Å². The topological polar surface area (TPSA) is 131 Å². The predicted octanol–water partition coefficient (Wildman–Crippen LogP) is 4.05. The van der Waals surface area contributed by atoms with E-state index in [4.69, 9.17) is 4.74 Å². The van der Waals surface area contributed by atoms with Gasteiger partial charge in [0.05, 0.1) is 29.3 Å². The van der Waals surface area contributed by atoms with Crippen LogP contribution in [0.3, 0.4) is 0 Å². The van der Waals surface area contributed by atoms with Crippen molar-refractivity contribution >= 4 is 44.3 Å². The van der Waals surface area contributed by atoms with Crippen LogP contribution in [0.15, 0.2) is 35.2 Å². The normalized spacial score (nSPS) is 13.3. The van der Waals surface area contributed by atoms with Gasteiger partial charge in [-0.15, -0.1) is 11.3 Å². The zero-order chi connectivity index (χ0) is 29.2. The standard InChI is InChI=1S/C27H33N5O6S2/c1-6-31(7-2)40(36,37)20-11-9-19(10-12-20)24(33)28-25-23(26(34)32-18(5)15-17(4)29-32)21-13-14-30(16-22(21)39-25)27(35)38-8-3/h9-12,15H,6-8,13-14,16H2,1-5H3,(H,28,33). The van der Waals surface area contributed by atoms with E-state index in [1.54, 1.807) is 45.6 Å². The summed E-state index contributed by atoms with van der Waals surface area (Å²) in [5.74, 6) is -0.862. The Kier molecular flexibility index (Phi) is 8.76. The molecule has 40 heavy (non-hydrogen) atoms. The van der Waals surface area contributed by atoms with Crippen LogP contribution in [0.4, 0.5) is 9.80 Å². The second kappa shape index (κ2) is 11.9. The number of anilines is 1. The molecule has 0 spiro atoms. The second-order valence-corrected chi connectivity index (χ2v) is 12.3. The minimum Gasteiger partial charge on any atom is -0.450 e. The molecular weight excluding hydrogens is 554 g/mol. The number of aromatic nitrogens is 2. The molecule has 0 saturated heterocycles. The molecule has 11 nitrogen and oxygen atoms in total. The molecule has 2 aromatic heterocycles. The van der Waals surface area contributed by atoms with Gasteiger partial charge in [-0.25, -0.2) is 17.9 Å². The Balaban J connectivity index is 1.67. The van der Waals surface area contributed by atoms with Crippen molar-refractivity contribution in [2.45, 2.75) is 52.5 Å². The number of hydrogen-bond acceptors (Lipinski definition) is 8. The minimum absolute atomic E-state index is 0.0961. The molecule has 0 fully saturated rings. The van der Waals surface area contributed by atoms with E-state index in [-0.39, 0.29) is 29.5 Å². The van der Waals surface area contributed by atoms with Crippen molar-refractivity contribution in [2.75, 3.05) is 31.6 Å². The van der Waals surface area contributed by atoms with Gasteiger partial charge in [0.2, 0.25) is 10.0 Å². The highest BCUT2D eigenvalue weighted by molar-refractivity contribution is 7.89. The first kappa shape index (κ1) is 29.4. The fraction of sp³-hybridized carbons (Fsp3) is 0.407. The average Bonchev–Trinajstić information content (AvgIpc) is 3.46. The summed E-state index contributed by atoms with van der Waals surface area (Å²) in [4.78, 5) is 41.8. The van der Waals surface area contributed by atoms with Crippen molar-refractivity contribution in [3.05, 3.63) is 63.3 Å². The van der Waals surface area contributed by atoms with E-state index in [1.807, 2.05) is 0 Å². The van der Waals surface area contributed by atoms with E-state index in [1.165, 1.54) is 44.6 Å². The van der Waals surface area contributed by atoms with Crippen LogP contribution in [-0.2, 0) is 27.7 Å². The summed E-state index contributed by atoms with van der Waals surface area (Å²) in [6.07, 6.45) is -0.0166. The molecule has 3 aromatic rings. The number of sulfonamides is 1. The highest BCUT2D eigenvalue weighted by Crippen LogP contribution is 2.38. The number of nitrogens with one attached hydrogen (secondary N) is 1. The third kappa shape index (κ3) is 5.67. The van der Waals surface area contributed by atoms with E-state index >= 15 is 0 Å². The largest absolute Gasteiger partial charge is 0.450 e. The van der Waals surface area contributed by atoms with Crippen LogP contribution in [-0.4, -0.2) is 71.6 Å². The van der Waals surface area contributed by atoms with Crippen LogP contribution in [0.2, 0.25) is 0 Å². The van der Waals surface area contributed by atoms with Gasteiger partial charge in [0.25, 0.3) is 11.8 Å². The molecule has 1 aliphatic rings. The van der Waals surface area contributed by atoms with Gasteiger partial charge in [0, 0.05) is 35.8 Å². The van der Waals surface area contributed by atoms with Crippen molar-refractivity contribution in [3.63, 3.8) is 0 Å². The van der Waals surface area contributed by atoms with Crippen molar-refractivity contribution in [2.24, 2.45) is 0 Å². The first-order valence-corrected chi connectivity index (χ1v) is 15.3. The summed E-state index contributed by atoms with van der Waals surface area (Å²) in [6.45, 7) is 10.4. The third-order valence-corrected chi connectivity index (χ3v) is 9.88. The molecule has 0 radical (unpaired) electrons. The first-order chi connectivity index (χ1) is 19.0. The van der Waals surface area contributed by atoms with Crippen molar-refractivity contribution in [1.29, 1.82) is 0 Å². The van der Waals surface area contributed by atoms with Crippen LogP contribution in [0, 0.1) is 13.8 Å². The number of carbonyl (C=O) groups excluding carboxylic acids is 3. The van der Waals surface area contributed by atoms with E-state index in [0.29, 0.717) is 48.0 Å². The lowest BCUT2D eigenvalue weighted by Gasteiger charge is -2.26. The zero-order valence-corrected chi connectivity index (χ0v) is 24.8. The van der Waals surface area contributed by atoms with Crippen LogP contribution in [0.25, 0.3) is 0 Å². The lowest BCUT2D eigenvalue weighted by Crippen LogP contribution is -2.36. The number of fused-ring (bicyclic) bond motifs is 1. The van der Waals surface area contributed by atoms with Gasteiger partial charge in [-0.05, 0) is 63.1 Å².